The van der Waals surface area contributed by atoms with Gasteiger partial charge in [0, 0.05) is 44.9 Å². The first-order valence-electron chi connectivity index (χ1n) is 10.9. The van der Waals surface area contributed by atoms with E-state index in [4.69, 9.17) is 9.47 Å². The fourth-order valence-electron chi connectivity index (χ4n) is 4.28. The Morgan fingerprint density at radius 3 is 2.67 bits per heavy atom. The number of piperidine rings is 1. The Morgan fingerprint density at radius 2 is 2.06 bits per heavy atom. The van der Waals surface area contributed by atoms with E-state index in [1.165, 1.54) is 21.3 Å². The molecule has 3 heterocycles. The molecule has 1 saturated carbocycles. The SMILES string of the molecule is COC1CC(C)(COc2nc(NC3CCN(S(=O)(=O)c4ccn(C)n4)CC3)ncc2C#N)C1. The largest absolute Gasteiger partial charge is 0.476 e. The van der Waals surface area contributed by atoms with E-state index >= 15 is 0 Å². The van der Waals surface area contributed by atoms with E-state index in [-0.39, 0.29) is 34.0 Å². The van der Waals surface area contributed by atoms with Gasteiger partial charge in [0.15, 0.2) is 5.03 Å². The van der Waals surface area contributed by atoms with Crippen LogP contribution in [0.15, 0.2) is 23.5 Å². The Balaban J connectivity index is 1.35. The van der Waals surface area contributed by atoms with Crippen LogP contribution in [-0.2, 0) is 21.8 Å². The van der Waals surface area contributed by atoms with E-state index in [1.54, 1.807) is 20.4 Å². The first-order chi connectivity index (χ1) is 15.7. The van der Waals surface area contributed by atoms with Gasteiger partial charge in [-0.05, 0) is 31.7 Å². The third-order valence-corrected chi connectivity index (χ3v) is 8.08. The highest BCUT2D eigenvalue weighted by atomic mass is 32.2. The van der Waals surface area contributed by atoms with E-state index in [0.29, 0.717) is 38.5 Å². The zero-order valence-corrected chi connectivity index (χ0v) is 19.9. The van der Waals surface area contributed by atoms with Crippen LogP contribution in [0.5, 0.6) is 5.88 Å². The number of rotatable bonds is 8. The lowest BCUT2D eigenvalue weighted by Crippen LogP contribution is -2.43. The molecule has 2 aromatic heterocycles. The Hall–Kier alpha value is -2.75. The molecule has 0 bridgehead atoms. The molecule has 0 aromatic carbocycles. The number of methoxy groups -OCH3 is 1. The molecule has 0 spiro atoms. The van der Waals surface area contributed by atoms with Gasteiger partial charge < -0.3 is 14.8 Å². The summed E-state index contributed by atoms with van der Waals surface area (Å²) < 4.78 is 39.7. The normalized spacial score (nSPS) is 24.1. The summed E-state index contributed by atoms with van der Waals surface area (Å²) >= 11 is 0. The minimum atomic E-state index is -3.60. The van der Waals surface area contributed by atoms with Crippen molar-refractivity contribution in [1.82, 2.24) is 24.1 Å². The maximum absolute atomic E-state index is 12.8. The highest BCUT2D eigenvalue weighted by molar-refractivity contribution is 7.89. The average Bonchev–Trinajstić information content (AvgIpc) is 3.23. The summed E-state index contributed by atoms with van der Waals surface area (Å²) in [5.74, 6) is 0.621. The Morgan fingerprint density at radius 1 is 1.33 bits per heavy atom. The average molecular weight is 476 g/mol. The molecule has 11 nitrogen and oxygen atoms in total. The lowest BCUT2D eigenvalue weighted by atomic mass is 9.69. The van der Waals surface area contributed by atoms with Crippen LogP contribution in [0.2, 0.25) is 0 Å². The highest BCUT2D eigenvalue weighted by Crippen LogP contribution is 2.42. The quantitative estimate of drug-likeness (QED) is 0.603. The van der Waals surface area contributed by atoms with E-state index in [0.717, 1.165) is 12.8 Å². The fourth-order valence-corrected chi connectivity index (χ4v) is 5.70. The highest BCUT2D eigenvalue weighted by Gasteiger charge is 2.41. The third-order valence-electron chi connectivity index (χ3n) is 6.29. The molecule has 1 N–H and O–H groups in total. The molecule has 0 unspecified atom stereocenters. The smallest absolute Gasteiger partial charge is 0.262 e. The summed E-state index contributed by atoms with van der Waals surface area (Å²) in [4.78, 5) is 8.65. The molecular weight excluding hydrogens is 446 g/mol. The number of hydrogen-bond acceptors (Lipinski definition) is 9. The number of nitrogens with zero attached hydrogens (tertiary/aromatic N) is 6. The molecular formula is C21H29N7O4S. The van der Waals surface area contributed by atoms with Gasteiger partial charge in [-0.2, -0.15) is 19.6 Å². The zero-order valence-electron chi connectivity index (χ0n) is 19.1. The van der Waals surface area contributed by atoms with Crippen LogP contribution in [0.4, 0.5) is 5.95 Å². The zero-order chi connectivity index (χ0) is 23.6. The number of ether oxygens (including phenoxy) is 2. The van der Waals surface area contributed by atoms with Gasteiger partial charge >= 0.3 is 0 Å². The maximum atomic E-state index is 12.8. The summed E-state index contributed by atoms with van der Waals surface area (Å²) in [6.07, 6.45) is 6.33. The van der Waals surface area contributed by atoms with Crippen LogP contribution in [-0.4, -0.2) is 71.4 Å². The topological polar surface area (TPSA) is 135 Å². The molecule has 2 aromatic rings. The minimum absolute atomic E-state index is 0.00211. The van der Waals surface area contributed by atoms with Gasteiger partial charge in [0.2, 0.25) is 11.8 Å². The lowest BCUT2D eigenvalue weighted by molar-refractivity contribution is -0.0696. The van der Waals surface area contributed by atoms with Crippen molar-refractivity contribution in [2.24, 2.45) is 12.5 Å². The number of anilines is 1. The molecule has 1 aliphatic carbocycles. The summed E-state index contributed by atoms with van der Waals surface area (Å²) in [6, 6.07) is 3.59. The van der Waals surface area contributed by atoms with Crippen molar-refractivity contribution in [1.29, 1.82) is 5.26 Å². The van der Waals surface area contributed by atoms with Crippen molar-refractivity contribution in [2.75, 3.05) is 32.1 Å². The summed E-state index contributed by atoms with van der Waals surface area (Å²) in [7, 11) is -0.204. The van der Waals surface area contributed by atoms with Gasteiger partial charge in [0.1, 0.15) is 11.6 Å². The van der Waals surface area contributed by atoms with Gasteiger partial charge in [-0.15, -0.1) is 0 Å². The monoisotopic (exact) mass is 475 g/mol. The first-order valence-corrected chi connectivity index (χ1v) is 12.4. The van der Waals surface area contributed by atoms with Crippen molar-refractivity contribution in [3.05, 3.63) is 24.0 Å². The summed E-state index contributed by atoms with van der Waals surface area (Å²) in [6.45, 7) is 3.31. The molecule has 1 aliphatic heterocycles. The lowest BCUT2D eigenvalue weighted by Gasteiger charge is -2.43. The van der Waals surface area contributed by atoms with Crippen LogP contribution in [0.25, 0.3) is 0 Å². The molecule has 0 amide bonds. The molecule has 4 rings (SSSR count). The van der Waals surface area contributed by atoms with Crippen molar-refractivity contribution in [3.63, 3.8) is 0 Å². The molecule has 2 aliphatic rings. The standard InChI is InChI=1S/C21H29N7O4S/c1-21(10-17(11-21)31-3)14-32-19-15(12-22)13-23-20(25-19)24-16-4-8-28(9-5-16)33(29,30)18-6-7-27(2)26-18/h6-7,13,16-17H,4-5,8-11,14H2,1-3H3,(H,23,24,25). The number of nitrogens with one attached hydrogen (secondary N) is 1. The summed E-state index contributed by atoms with van der Waals surface area (Å²) in [5, 5.41) is 16.7. The van der Waals surface area contributed by atoms with Crippen LogP contribution >= 0.6 is 0 Å². The molecule has 1 saturated heterocycles. The number of hydrogen-bond donors (Lipinski definition) is 1. The second-order valence-corrected chi connectivity index (χ2v) is 10.9. The van der Waals surface area contributed by atoms with E-state index in [9.17, 15) is 13.7 Å². The van der Waals surface area contributed by atoms with Crippen molar-refractivity contribution in [2.45, 2.75) is 49.8 Å². The predicted octanol–water partition coefficient (Wildman–Crippen LogP) is 1.54. The van der Waals surface area contributed by atoms with Crippen LogP contribution in [0.1, 0.15) is 38.2 Å². The minimum Gasteiger partial charge on any atom is -0.476 e. The number of aromatic nitrogens is 4. The Bertz CT molecular complexity index is 1130. The summed E-state index contributed by atoms with van der Waals surface area (Å²) in [5.41, 5.74) is 0.278. The van der Waals surface area contributed by atoms with Gasteiger partial charge in [-0.3, -0.25) is 4.68 Å². The number of aryl methyl sites for hydroxylation is 1. The fraction of sp³-hybridized carbons (Fsp3) is 0.619. The Kier molecular flexibility index (Phi) is 6.56. The van der Waals surface area contributed by atoms with Crippen LogP contribution in [0, 0.1) is 16.7 Å². The number of nitriles is 1. The third kappa shape index (κ3) is 5.10. The Labute approximate surface area is 193 Å². The van der Waals surface area contributed by atoms with Crippen molar-refractivity contribution >= 4 is 16.0 Å². The predicted molar refractivity (Wildman–Crippen MR) is 119 cm³/mol. The molecule has 0 radical (unpaired) electrons. The molecule has 33 heavy (non-hydrogen) atoms. The molecule has 2 fully saturated rings. The van der Waals surface area contributed by atoms with Gasteiger partial charge in [0.25, 0.3) is 10.0 Å². The first kappa shape index (κ1) is 23.4. The van der Waals surface area contributed by atoms with Crippen molar-refractivity contribution in [3.8, 4) is 11.9 Å². The molecule has 12 heteroatoms. The van der Waals surface area contributed by atoms with Crippen LogP contribution in [0.3, 0.4) is 0 Å². The number of sulfonamides is 1. The van der Waals surface area contributed by atoms with Gasteiger partial charge in [0.05, 0.1) is 18.9 Å². The van der Waals surface area contributed by atoms with E-state index in [1.807, 2.05) is 0 Å². The molecule has 178 valence electrons. The second-order valence-electron chi connectivity index (χ2n) is 9.04. The van der Waals surface area contributed by atoms with Crippen LogP contribution < -0.4 is 10.1 Å². The van der Waals surface area contributed by atoms with E-state index in [2.05, 4.69) is 33.4 Å². The molecule has 0 atom stereocenters. The second kappa shape index (κ2) is 9.24. The van der Waals surface area contributed by atoms with Gasteiger partial charge in [-0.25, -0.2) is 13.4 Å². The maximum Gasteiger partial charge on any atom is 0.262 e. The van der Waals surface area contributed by atoms with Gasteiger partial charge in [-0.1, -0.05) is 6.92 Å². The van der Waals surface area contributed by atoms with Crippen molar-refractivity contribution < 1.29 is 17.9 Å². The van der Waals surface area contributed by atoms with E-state index < -0.39 is 10.0 Å².